The molecule has 2 aromatic rings. The first-order valence-electron chi connectivity index (χ1n) is 6.21. The van der Waals surface area contributed by atoms with Gasteiger partial charge in [0.05, 0.1) is 23.1 Å². The highest BCUT2D eigenvalue weighted by atomic mass is 32.1. The Labute approximate surface area is 106 Å². The fourth-order valence-corrected chi connectivity index (χ4v) is 3.16. The van der Waals surface area contributed by atoms with Crippen LogP contribution in [0.2, 0.25) is 0 Å². The minimum Gasteiger partial charge on any atom is -0.328 e. The number of nitrogens with one attached hydrogen (secondary N) is 1. The minimum atomic E-state index is 0.608. The molecule has 3 rings (SSSR count). The molecular weight excluding hydrogens is 230 g/mol. The van der Waals surface area contributed by atoms with Crippen molar-refractivity contribution in [2.24, 2.45) is 0 Å². The second-order valence-electron chi connectivity index (χ2n) is 4.56. The van der Waals surface area contributed by atoms with Crippen molar-refractivity contribution in [2.75, 3.05) is 6.54 Å². The smallest absolute Gasteiger partial charge is 0.0951 e. The van der Waals surface area contributed by atoms with Crippen LogP contribution in [-0.2, 0) is 6.54 Å². The third kappa shape index (κ3) is 2.42. The van der Waals surface area contributed by atoms with Gasteiger partial charge in [0, 0.05) is 12.6 Å². The number of nitrogens with zero attached hydrogens (tertiary/aromatic N) is 2. The third-order valence-corrected chi connectivity index (χ3v) is 4.21. The lowest BCUT2D eigenvalue weighted by molar-refractivity contribution is 0.364. The van der Waals surface area contributed by atoms with Crippen molar-refractivity contribution in [3.63, 3.8) is 0 Å². The fraction of sp³-hybridized carbons (Fsp3) is 0.462. The molecule has 0 spiro atoms. The molecule has 1 unspecified atom stereocenters. The molecule has 3 nitrogen and oxygen atoms in total. The molecule has 1 aliphatic heterocycles. The van der Waals surface area contributed by atoms with Crippen LogP contribution in [0.4, 0.5) is 0 Å². The minimum absolute atomic E-state index is 0.608. The first kappa shape index (κ1) is 11.0. The lowest BCUT2D eigenvalue weighted by atomic mass is 10.1. The maximum Gasteiger partial charge on any atom is 0.0951 e. The molecule has 0 amide bonds. The van der Waals surface area contributed by atoms with Crippen LogP contribution in [0.5, 0.6) is 0 Å². The second kappa shape index (κ2) is 5.02. The summed E-state index contributed by atoms with van der Waals surface area (Å²) in [5, 5.41) is 5.70. The molecule has 1 fully saturated rings. The number of piperidine rings is 1. The average molecular weight is 247 g/mol. The number of thiophene rings is 1. The van der Waals surface area contributed by atoms with Gasteiger partial charge in [0.25, 0.3) is 0 Å². The van der Waals surface area contributed by atoms with Crippen molar-refractivity contribution in [3.05, 3.63) is 30.0 Å². The van der Waals surface area contributed by atoms with Gasteiger partial charge in [-0.15, -0.1) is 11.3 Å². The van der Waals surface area contributed by atoms with E-state index in [2.05, 4.69) is 32.4 Å². The molecule has 0 radical (unpaired) electrons. The van der Waals surface area contributed by atoms with Crippen LogP contribution in [0.3, 0.4) is 0 Å². The SMILES string of the molecule is c1csc(-c2cncn2CC2CCCCN2)c1. The van der Waals surface area contributed by atoms with Gasteiger partial charge in [0.2, 0.25) is 0 Å². The zero-order valence-electron chi connectivity index (χ0n) is 9.80. The van der Waals surface area contributed by atoms with Gasteiger partial charge in [-0.3, -0.25) is 0 Å². The molecule has 90 valence electrons. The number of hydrogen-bond donors (Lipinski definition) is 1. The Bertz CT molecular complexity index is 455. The van der Waals surface area contributed by atoms with Crippen LogP contribution in [0.15, 0.2) is 30.0 Å². The topological polar surface area (TPSA) is 29.9 Å². The third-order valence-electron chi connectivity index (χ3n) is 3.32. The number of hydrogen-bond acceptors (Lipinski definition) is 3. The van der Waals surface area contributed by atoms with Crippen LogP contribution in [0.1, 0.15) is 19.3 Å². The summed E-state index contributed by atoms with van der Waals surface area (Å²) < 4.78 is 2.27. The van der Waals surface area contributed by atoms with Gasteiger partial charge in [-0.25, -0.2) is 4.98 Å². The van der Waals surface area contributed by atoms with Crippen molar-refractivity contribution in [1.82, 2.24) is 14.9 Å². The molecule has 0 aromatic carbocycles. The van der Waals surface area contributed by atoms with Gasteiger partial charge < -0.3 is 9.88 Å². The van der Waals surface area contributed by atoms with Crippen molar-refractivity contribution < 1.29 is 0 Å². The maximum absolute atomic E-state index is 4.29. The van der Waals surface area contributed by atoms with E-state index in [1.165, 1.54) is 29.8 Å². The van der Waals surface area contributed by atoms with Crippen molar-refractivity contribution in [2.45, 2.75) is 31.8 Å². The Morgan fingerprint density at radius 1 is 1.47 bits per heavy atom. The van der Waals surface area contributed by atoms with Gasteiger partial charge in [-0.2, -0.15) is 0 Å². The van der Waals surface area contributed by atoms with E-state index < -0.39 is 0 Å². The van der Waals surface area contributed by atoms with E-state index in [4.69, 9.17) is 0 Å². The molecule has 17 heavy (non-hydrogen) atoms. The normalized spacial score (nSPS) is 20.6. The summed E-state index contributed by atoms with van der Waals surface area (Å²) in [6.45, 7) is 2.20. The Hall–Kier alpha value is -1.13. The molecule has 0 bridgehead atoms. The van der Waals surface area contributed by atoms with E-state index in [-0.39, 0.29) is 0 Å². The van der Waals surface area contributed by atoms with Gasteiger partial charge in [0.15, 0.2) is 0 Å². The summed E-state index contributed by atoms with van der Waals surface area (Å²) >= 11 is 1.78. The van der Waals surface area contributed by atoms with Crippen LogP contribution in [0, 0.1) is 0 Å². The molecule has 0 aliphatic carbocycles. The molecule has 4 heteroatoms. The lowest BCUT2D eigenvalue weighted by Gasteiger charge is -2.24. The first-order valence-corrected chi connectivity index (χ1v) is 7.09. The highest BCUT2D eigenvalue weighted by Crippen LogP contribution is 2.24. The number of imidazole rings is 1. The van der Waals surface area contributed by atoms with Crippen LogP contribution in [-0.4, -0.2) is 22.1 Å². The average Bonchev–Trinajstić information content (AvgIpc) is 3.00. The highest BCUT2D eigenvalue weighted by molar-refractivity contribution is 7.13. The zero-order valence-corrected chi connectivity index (χ0v) is 10.6. The second-order valence-corrected chi connectivity index (χ2v) is 5.50. The molecule has 2 aromatic heterocycles. The Balaban J connectivity index is 1.77. The summed E-state index contributed by atoms with van der Waals surface area (Å²) in [6, 6.07) is 4.86. The van der Waals surface area contributed by atoms with E-state index in [0.717, 1.165) is 13.1 Å². The molecular formula is C13H17N3S. The Kier molecular flexibility index (Phi) is 3.25. The predicted octanol–water partition coefficient (Wildman–Crippen LogP) is 2.75. The van der Waals surface area contributed by atoms with Crippen LogP contribution in [0.25, 0.3) is 10.6 Å². The quantitative estimate of drug-likeness (QED) is 0.904. The summed E-state index contributed by atoms with van der Waals surface area (Å²) in [6.07, 6.45) is 7.86. The Morgan fingerprint density at radius 2 is 2.47 bits per heavy atom. The summed E-state index contributed by atoms with van der Waals surface area (Å²) in [4.78, 5) is 5.59. The number of aromatic nitrogens is 2. The maximum atomic E-state index is 4.29. The van der Waals surface area contributed by atoms with Gasteiger partial charge >= 0.3 is 0 Å². The van der Waals surface area contributed by atoms with E-state index in [0.29, 0.717) is 6.04 Å². The van der Waals surface area contributed by atoms with Gasteiger partial charge in [0.1, 0.15) is 0 Å². The van der Waals surface area contributed by atoms with E-state index >= 15 is 0 Å². The monoisotopic (exact) mass is 247 g/mol. The molecule has 0 saturated carbocycles. The molecule has 1 saturated heterocycles. The molecule has 1 aliphatic rings. The first-order chi connectivity index (χ1) is 8.43. The lowest BCUT2D eigenvalue weighted by Crippen LogP contribution is -2.37. The van der Waals surface area contributed by atoms with Crippen molar-refractivity contribution in [3.8, 4) is 10.6 Å². The largest absolute Gasteiger partial charge is 0.328 e. The summed E-state index contributed by atoms with van der Waals surface area (Å²) in [5.41, 5.74) is 1.24. The summed E-state index contributed by atoms with van der Waals surface area (Å²) in [7, 11) is 0. The van der Waals surface area contributed by atoms with E-state index in [1.807, 2.05) is 12.5 Å². The zero-order chi connectivity index (χ0) is 11.5. The molecule has 1 atom stereocenters. The molecule has 3 heterocycles. The van der Waals surface area contributed by atoms with Crippen molar-refractivity contribution >= 4 is 11.3 Å². The Morgan fingerprint density at radius 3 is 3.24 bits per heavy atom. The van der Waals surface area contributed by atoms with E-state index in [1.54, 1.807) is 11.3 Å². The van der Waals surface area contributed by atoms with Crippen molar-refractivity contribution in [1.29, 1.82) is 0 Å². The van der Waals surface area contributed by atoms with E-state index in [9.17, 15) is 0 Å². The van der Waals surface area contributed by atoms with Crippen LogP contribution < -0.4 is 5.32 Å². The van der Waals surface area contributed by atoms with Gasteiger partial charge in [-0.1, -0.05) is 12.5 Å². The van der Waals surface area contributed by atoms with Gasteiger partial charge in [-0.05, 0) is 30.8 Å². The fourth-order valence-electron chi connectivity index (χ4n) is 2.41. The highest BCUT2D eigenvalue weighted by Gasteiger charge is 2.15. The van der Waals surface area contributed by atoms with Crippen LogP contribution >= 0.6 is 11.3 Å². The predicted molar refractivity (Wildman–Crippen MR) is 71.2 cm³/mol. The number of rotatable bonds is 3. The standard InChI is InChI=1S/C13H17N3S/c1-2-6-15-11(4-1)9-16-10-14-8-12(16)13-5-3-7-17-13/h3,5,7-8,10-11,15H,1-2,4,6,9H2. The summed E-state index contributed by atoms with van der Waals surface area (Å²) in [5.74, 6) is 0. The molecule has 1 N–H and O–H groups in total.